The highest BCUT2D eigenvalue weighted by atomic mass is 16.6. The fraction of sp³-hybridized carbons (Fsp3) is 0.936. The van der Waals surface area contributed by atoms with E-state index in [1.807, 2.05) is 0 Å². The second-order valence-corrected chi connectivity index (χ2v) is 16.0. The average Bonchev–Trinajstić information content (AvgIpc) is 3.15. The van der Waals surface area contributed by atoms with E-state index in [2.05, 4.69) is 20.8 Å². The molecule has 1 atom stereocenters. The van der Waals surface area contributed by atoms with Crippen LogP contribution < -0.4 is 0 Å². The monoisotopic (exact) mass is 751 g/mol. The molecule has 0 bridgehead atoms. The van der Waals surface area contributed by atoms with E-state index in [-0.39, 0.29) is 31.1 Å². The predicted octanol–water partition coefficient (Wildman–Crippen LogP) is 14.9. The van der Waals surface area contributed by atoms with Gasteiger partial charge in [0.1, 0.15) is 13.2 Å². The second kappa shape index (κ2) is 43.1. The standard InChI is InChI=1S/C47H90O6/c1-4-7-10-13-16-19-22-24-26-28-31-34-37-40-46(49)52-43-44(42-51-45(48)39-36-33-30-27-21-18-15-12-9-6-3)53-47(50)41-38-35-32-29-25-23-20-17-14-11-8-5-2/h44H,4-43H2,1-3H3/t44-/m0/s1. The summed E-state index contributed by atoms with van der Waals surface area (Å²) < 4.78 is 16.7. The minimum atomic E-state index is -0.757. The Labute approximate surface area is 329 Å². The van der Waals surface area contributed by atoms with Gasteiger partial charge in [0.25, 0.3) is 0 Å². The lowest BCUT2D eigenvalue weighted by Crippen LogP contribution is -2.30. The summed E-state index contributed by atoms with van der Waals surface area (Å²) >= 11 is 0. The highest BCUT2D eigenvalue weighted by Gasteiger charge is 2.19. The Hall–Kier alpha value is -1.59. The van der Waals surface area contributed by atoms with Gasteiger partial charge in [-0.3, -0.25) is 14.4 Å². The summed E-state index contributed by atoms with van der Waals surface area (Å²) in [6.45, 7) is 6.64. The van der Waals surface area contributed by atoms with Crippen LogP contribution in [-0.2, 0) is 28.6 Å². The molecule has 0 aromatic carbocycles. The van der Waals surface area contributed by atoms with Crippen molar-refractivity contribution in [2.75, 3.05) is 13.2 Å². The number of hydrogen-bond acceptors (Lipinski definition) is 6. The SMILES string of the molecule is CCCCCCCCCCCCCCCC(=O)OC[C@H](COC(=O)CCCCCCCCCCCC)OC(=O)CCCCCCCCCCCCCC. The van der Waals surface area contributed by atoms with Gasteiger partial charge in [-0.25, -0.2) is 0 Å². The number of hydrogen-bond donors (Lipinski definition) is 0. The molecule has 0 unspecified atom stereocenters. The van der Waals surface area contributed by atoms with Crippen LogP contribution in [0.2, 0.25) is 0 Å². The van der Waals surface area contributed by atoms with Crippen molar-refractivity contribution in [2.45, 2.75) is 271 Å². The highest BCUT2D eigenvalue weighted by Crippen LogP contribution is 2.16. The molecule has 6 nitrogen and oxygen atoms in total. The van der Waals surface area contributed by atoms with Gasteiger partial charge in [-0.2, -0.15) is 0 Å². The topological polar surface area (TPSA) is 78.9 Å². The van der Waals surface area contributed by atoms with Crippen LogP contribution in [0.15, 0.2) is 0 Å². The molecule has 0 aromatic rings. The Morgan fingerprint density at radius 2 is 0.509 bits per heavy atom. The van der Waals surface area contributed by atoms with Crippen molar-refractivity contribution in [1.29, 1.82) is 0 Å². The maximum absolute atomic E-state index is 12.7. The smallest absolute Gasteiger partial charge is 0.306 e. The second-order valence-electron chi connectivity index (χ2n) is 16.0. The van der Waals surface area contributed by atoms with E-state index in [1.165, 1.54) is 167 Å². The highest BCUT2D eigenvalue weighted by molar-refractivity contribution is 5.71. The third-order valence-electron chi connectivity index (χ3n) is 10.6. The summed E-state index contributed by atoms with van der Waals surface area (Å²) in [7, 11) is 0. The lowest BCUT2D eigenvalue weighted by atomic mass is 10.0. The Morgan fingerprint density at radius 3 is 0.755 bits per heavy atom. The summed E-state index contributed by atoms with van der Waals surface area (Å²) in [4.78, 5) is 37.7. The molecule has 0 aliphatic rings. The normalized spacial score (nSPS) is 11.8. The van der Waals surface area contributed by atoms with Gasteiger partial charge in [-0.15, -0.1) is 0 Å². The first-order valence-electron chi connectivity index (χ1n) is 23.5. The van der Waals surface area contributed by atoms with Gasteiger partial charge in [-0.05, 0) is 19.3 Å². The fourth-order valence-corrected chi connectivity index (χ4v) is 7.03. The van der Waals surface area contributed by atoms with E-state index in [0.717, 1.165) is 57.8 Å². The number of carbonyl (C=O) groups excluding carboxylic acids is 3. The molecule has 0 radical (unpaired) electrons. The molecule has 314 valence electrons. The fourth-order valence-electron chi connectivity index (χ4n) is 7.03. The number of ether oxygens (including phenoxy) is 3. The lowest BCUT2D eigenvalue weighted by molar-refractivity contribution is -0.167. The Kier molecular flexibility index (Phi) is 41.8. The minimum absolute atomic E-state index is 0.0625. The van der Waals surface area contributed by atoms with Crippen molar-refractivity contribution in [1.82, 2.24) is 0 Å². The van der Waals surface area contributed by atoms with Crippen LogP contribution in [0.4, 0.5) is 0 Å². The molecule has 0 amide bonds. The summed E-state index contributed by atoms with van der Waals surface area (Å²) in [5, 5.41) is 0. The molecule has 0 aromatic heterocycles. The van der Waals surface area contributed by atoms with Crippen LogP contribution >= 0.6 is 0 Å². The van der Waals surface area contributed by atoms with Crippen molar-refractivity contribution < 1.29 is 28.6 Å². The third-order valence-corrected chi connectivity index (χ3v) is 10.6. The van der Waals surface area contributed by atoms with Crippen LogP contribution in [0.25, 0.3) is 0 Å². The largest absolute Gasteiger partial charge is 0.462 e. The Morgan fingerprint density at radius 1 is 0.302 bits per heavy atom. The Balaban J connectivity index is 4.31. The lowest BCUT2D eigenvalue weighted by Gasteiger charge is -2.18. The zero-order valence-electron chi connectivity index (χ0n) is 35.8. The van der Waals surface area contributed by atoms with Crippen LogP contribution in [0.5, 0.6) is 0 Å². The van der Waals surface area contributed by atoms with E-state index in [9.17, 15) is 14.4 Å². The molecule has 6 heteroatoms. The van der Waals surface area contributed by atoms with E-state index in [1.54, 1.807) is 0 Å². The molecule has 0 N–H and O–H groups in total. The van der Waals surface area contributed by atoms with Gasteiger partial charge >= 0.3 is 17.9 Å². The average molecular weight is 751 g/mol. The zero-order valence-corrected chi connectivity index (χ0v) is 35.8. The molecule has 0 spiro atoms. The van der Waals surface area contributed by atoms with Gasteiger partial charge in [0.2, 0.25) is 0 Å². The number of esters is 3. The first kappa shape index (κ1) is 51.4. The molecular weight excluding hydrogens is 661 g/mol. The predicted molar refractivity (Wildman–Crippen MR) is 224 cm³/mol. The van der Waals surface area contributed by atoms with Crippen molar-refractivity contribution in [3.63, 3.8) is 0 Å². The molecule has 0 saturated heterocycles. The van der Waals surface area contributed by atoms with Gasteiger partial charge in [-0.1, -0.05) is 226 Å². The quantitative estimate of drug-likeness (QED) is 0.0351. The number of carbonyl (C=O) groups is 3. The molecule has 0 aliphatic heterocycles. The Bertz CT molecular complexity index is 783. The summed E-state index contributed by atoms with van der Waals surface area (Å²) in [6.07, 6.45) is 43.6. The van der Waals surface area contributed by atoms with Crippen molar-refractivity contribution >= 4 is 17.9 Å². The molecule has 0 aliphatic carbocycles. The van der Waals surface area contributed by atoms with Gasteiger partial charge in [0.05, 0.1) is 0 Å². The van der Waals surface area contributed by atoms with Crippen molar-refractivity contribution in [3.05, 3.63) is 0 Å². The maximum atomic E-state index is 12.7. The van der Waals surface area contributed by atoms with Crippen LogP contribution in [0.3, 0.4) is 0 Å². The van der Waals surface area contributed by atoms with E-state index in [4.69, 9.17) is 14.2 Å². The van der Waals surface area contributed by atoms with Crippen molar-refractivity contribution in [2.24, 2.45) is 0 Å². The van der Waals surface area contributed by atoms with Crippen LogP contribution in [-0.4, -0.2) is 37.2 Å². The van der Waals surface area contributed by atoms with E-state index < -0.39 is 6.10 Å². The van der Waals surface area contributed by atoms with Gasteiger partial charge < -0.3 is 14.2 Å². The maximum Gasteiger partial charge on any atom is 0.306 e. The van der Waals surface area contributed by atoms with Crippen molar-refractivity contribution in [3.8, 4) is 0 Å². The first-order valence-corrected chi connectivity index (χ1v) is 23.5. The number of unbranched alkanes of at least 4 members (excludes halogenated alkanes) is 32. The summed E-state index contributed by atoms with van der Waals surface area (Å²) in [6, 6.07) is 0. The third kappa shape index (κ3) is 41.4. The number of rotatable bonds is 43. The van der Waals surface area contributed by atoms with Crippen LogP contribution in [0, 0.1) is 0 Å². The van der Waals surface area contributed by atoms with Gasteiger partial charge in [0, 0.05) is 19.3 Å². The molecule has 0 rings (SSSR count). The van der Waals surface area contributed by atoms with E-state index >= 15 is 0 Å². The minimum Gasteiger partial charge on any atom is -0.462 e. The first-order chi connectivity index (χ1) is 26.0. The van der Waals surface area contributed by atoms with Gasteiger partial charge in [0.15, 0.2) is 6.10 Å². The van der Waals surface area contributed by atoms with E-state index in [0.29, 0.717) is 19.3 Å². The molecule has 0 fully saturated rings. The molecule has 53 heavy (non-hydrogen) atoms. The van der Waals surface area contributed by atoms with Crippen LogP contribution in [0.1, 0.15) is 265 Å². The zero-order chi connectivity index (χ0) is 38.7. The molecular formula is C47H90O6. The summed E-state index contributed by atoms with van der Waals surface area (Å²) in [5.41, 5.74) is 0. The molecule has 0 saturated carbocycles. The molecule has 0 heterocycles. The summed E-state index contributed by atoms with van der Waals surface area (Å²) in [5.74, 6) is -0.850.